The van der Waals surface area contributed by atoms with Gasteiger partial charge in [0.2, 0.25) is 47.3 Å². The maximum Gasteiger partial charge on any atom is 0.328 e. The van der Waals surface area contributed by atoms with Crippen LogP contribution in [0.4, 0.5) is 0 Å². The lowest BCUT2D eigenvalue weighted by atomic mass is 10.3. The Balaban J connectivity index is -0.000000678. The van der Waals surface area contributed by atoms with Crippen LogP contribution in [0, 0.1) is 0 Å². The van der Waals surface area contributed by atoms with Gasteiger partial charge in [-0.05, 0) is 13.3 Å². The minimum Gasteiger partial charge on any atom is -0.467 e. The van der Waals surface area contributed by atoms with Gasteiger partial charge in [0.1, 0.15) is 6.04 Å². The number of hydrogen-bond acceptors (Lipinski definition) is 11. The smallest absolute Gasteiger partial charge is 0.328 e. The SMILES string of the molecule is CC.COC(=O)[C@H](C)N(C)C(=O)CCSC1CC(=O)N(CCCC(=O)NCC(=O)NCC(=O)NCC(=O)NCCC(N)=O)C1=O.[HH].[HH].[HH].[HH].[HH]. The third-order valence-electron chi connectivity index (χ3n) is 6.17. The van der Waals surface area contributed by atoms with Crippen molar-refractivity contribution in [3.8, 4) is 0 Å². The molecule has 0 radical (unpaired) electrons. The molecule has 1 saturated heterocycles. The van der Waals surface area contributed by atoms with Gasteiger partial charge in [-0.3, -0.25) is 43.3 Å². The molecule has 0 aromatic carbocycles. The van der Waals surface area contributed by atoms with Crippen LogP contribution in [0.3, 0.4) is 0 Å². The van der Waals surface area contributed by atoms with Gasteiger partial charge in [-0.25, -0.2) is 4.79 Å². The van der Waals surface area contributed by atoms with E-state index in [1.807, 2.05) is 13.8 Å². The molecular weight excluding hydrogens is 614 g/mol. The fraction of sp³-hybridized carbons (Fsp3) is 0.667. The summed E-state index contributed by atoms with van der Waals surface area (Å²) in [6.45, 7) is 4.39. The highest BCUT2D eigenvalue weighted by molar-refractivity contribution is 8.00. The minimum absolute atomic E-state index is 0. The normalized spacial score (nSPS) is 14.3. The summed E-state index contributed by atoms with van der Waals surface area (Å²) in [7, 11) is 2.71. The van der Waals surface area contributed by atoms with Crippen LogP contribution in [0.5, 0.6) is 0 Å². The first-order valence-corrected chi connectivity index (χ1v) is 15.5. The van der Waals surface area contributed by atoms with Crippen molar-refractivity contribution in [2.24, 2.45) is 5.73 Å². The Morgan fingerprint density at radius 1 is 0.933 bits per heavy atom. The lowest BCUT2D eigenvalue weighted by Gasteiger charge is -2.22. The van der Waals surface area contributed by atoms with Crippen molar-refractivity contribution in [1.29, 1.82) is 0 Å². The Kier molecular flexibility index (Phi) is 20.2. The molecule has 1 heterocycles. The van der Waals surface area contributed by atoms with Gasteiger partial charge in [0.05, 0.1) is 32.0 Å². The molecule has 18 heteroatoms. The number of nitrogens with zero attached hydrogens (tertiary/aromatic N) is 2. The molecule has 0 spiro atoms. The van der Waals surface area contributed by atoms with Crippen molar-refractivity contribution in [2.45, 2.75) is 64.2 Å². The van der Waals surface area contributed by atoms with Crippen molar-refractivity contribution >= 4 is 65.0 Å². The number of thioether (sulfide) groups is 1. The number of nitrogens with one attached hydrogen (secondary N) is 4. The number of amides is 8. The van der Waals surface area contributed by atoms with Gasteiger partial charge in [-0.15, -0.1) is 11.8 Å². The molecule has 6 N–H and O–H groups in total. The molecule has 45 heavy (non-hydrogen) atoms. The van der Waals surface area contributed by atoms with Gasteiger partial charge < -0.3 is 36.6 Å². The Hall–Kier alpha value is -4.22. The predicted molar refractivity (Wildman–Crippen MR) is 173 cm³/mol. The summed E-state index contributed by atoms with van der Waals surface area (Å²) in [6.07, 6.45) is 0.107. The summed E-state index contributed by atoms with van der Waals surface area (Å²) < 4.78 is 4.62. The zero-order chi connectivity index (χ0) is 34.5. The van der Waals surface area contributed by atoms with E-state index in [1.165, 1.54) is 37.7 Å². The first kappa shape index (κ1) is 40.8. The number of ether oxygens (including phenoxy) is 1. The number of likely N-dealkylation sites (tertiary alicyclic amines) is 1. The molecule has 17 nitrogen and oxygen atoms in total. The molecule has 0 bridgehead atoms. The Morgan fingerprint density at radius 3 is 2.00 bits per heavy atom. The van der Waals surface area contributed by atoms with E-state index in [4.69, 9.17) is 5.73 Å². The molecule has 1 unspecified atom stereocenters. The van der Waals surface area contributed by atoms with Gasteiger partial charge in [0, 0.05) is 58.7 Å². The Morgan fingerprint density at radius 2 is 1.47 bits per heavy atom. The zero-order valence-electron chi connectivity index (χ0n) is 26.4. The van der Waals surface area contributed by atoms with Crippen LogP contribution in [0.2, 0.25) is 0 Å². The molecule has 0 saturated carbocycles. The second-order valence-corrected chi connectivity index (χ2v) is 10.7. The minimum atomic E-state index is -0.750. The summed E-state index contributed by atoms with van der Waals surface area (Å²) >= 11 is 1.17. The third-order valence-corrected chi connectivity index (χ3v) is 7.38. The zero-order valence-corrected chi connectivity index (χ0v) is 27.2. The van der Waals surface area contributed by atoms with Crippen LogP contribution in [0.15, 0.2) is 0 Å². The molecule has 0 aliphatic carbocycles. The second kappa shape index (κ2) is 22.3. The van der Waals surface area contributed by atoms with Crippen molar-refractivity contribution in [3.05, 3.63) is 0 Å². The van der Waals surface area contributed by atoms with Gasteiger partial charge in [0.25, 0.3) is 0 Å². The van der Waals surface area contributed by atoms with Gasteiger partial charge in [0.15, 0.2) is 0 Å². The largest absolute Gasteiger partial charge is 0.467 e. The number of methoxy groups -OCH3 is 1. The lowest BCUT2D eigenvalue weighted by Crippen LogP contribution is -2.44. The number of esters is 1. The number of rotatable bonds is 19. The highest BCUT2D eigenvalue weighted by atomic mass is 32.2. The van der Waals surface area contributed by atoms with E-state index < -0.39 is 65.8 Å². The van der Waals surface area contributed by atoms with Gasteiger partial charge in [-0.1, -0.05) is 13.8 Å². The first-order chi connectivity index (χ1) is 21.3. The lowest BCUT2D eigenvalue weighted by molar-refractivity contribution is -0.150. The molecular formula is C27H55N7O10S. The number of carbonyl (C=O) groups excluding carboxylic acids is 9. The van der Waals surface area contributed by atoms with Crippen molar-refractivity contribution in [2.75, 3.05) is 52.6 Å². The second-order valence-electron chi connectivity index (χ2n) is 9.40. The van der Waals surface area contributed by atoms with Crippen molar-refractivity contribution in [3.63, 3.8) is 0 Å². The molecule has 1 fully saturated rings. The molecule has 1 aliphatic heterocycles. The number of imide groups is 1. The van der Waals surface area contributed by atoms with E-state index in [-0.39, 0.29) is 76.4 Å². The van der Waals surface area contributed by atoms with Crippen LogP contribution in [0.1, 0.15) is 60.0 Å². The highest BCUT2D eigenvalue weighted by Gasteiger charge is 2.38. The van der Waals surface area contributed by atoms with Gasteiger partial charge in [-0.2, -0.15) is 0 Å². The first-order valence-electron chi connectivity index (χ1n) is 14.4. The predicted octanol–water partition coefficient (Wildman–Crippen LogP) is -1.37. The number of likely N-dealkylation sites (N-methyl/N-ethyl adjacent to an activating group) is 1. The van der Waals surface area contributed by atoms with E-state index >= 15 is 0 Å². The van der Waals surface area contributed by atoms with E-state index in [1.54, 1.807) is 0 Å². The number of primary amides is 1. The number of carbonyl (C=O) groups is 9. The molecule has 8 amide bonds. The molecule has 0 aromatic heterocycles. The highest BCUT2D eigenvalue weighted by Crippen LogP contribution is 2.26. The maximum absolute atomic E-state index is 12.6. The van der Waals surface area contributed by atoms with Crippen LogP contribution in [-0.4, -0.2) is 127 Å². The monoisotopic (exact) mass is 669 g/mol. The fourth-order valence-electron chi connectivity index (χ4n) is 3.56. The van der Waals surface area contributed by atoms with E-state index in [2.05, 4.69) is 26.0 Å². The van der Waals surface area contributed by atoms with E-state index in [0.717, 1.165) is 4.90 Å². The summed E-state index contributed by atoms with van der Waals surface area (Å²) in [5, 5.41) is 8.65. The summed E-state index contributed by atoms with van der Waals surface area (Å²) in [5.41, 5.74) is 4.95. The molecule has 264 valence electrons. The quantitative estimate of drug-likeness (QED) is 0.0794. The molecule has 2 atom stereocenters. The number of hydrogen-bond donors (Lipinski definition) is 5. The summed E-state index contributed by atoms with van der Waals surface area (Å²) in [5.74, 6) is -4.28. The fourth-order valence-corrected chi connectivity index (χ4v) is 4.67. The van der Waals surface area contributed by atoms with Crippen LogP contribution < -0.4 is 27.0 Å². The van der Waals surface area contributed by atoms with Crippen molar-refractivity contribution < 1.29 is 55.0 Å². The van der Waals surface area contributed by atoms with Crippen LogP contribution in [0.25, 0.3) is 0 Å². The van der Waals surface area contributed by atoms with Crippen molar-refractivity contribution in [1.82, 2.24) is 31.1 Å². The van der Waals surface area contributed by atoms with Crippen LogP contribution >= 0.6 is 11.8 Å². The van der Waals surface area contributed by atoms with E-state index in [0.29, 0.717) is 0 Å². The average molecular weight is 670 g/mol. The molecule has 1 aliphatic rings. The molecule has 0 aromatic rings. The summed E-state index contributed by atoms with van der Waals surface area (Å²) in [6, 6.07) is -0.750. The standard InChI is InChI=1S/C25H39N7O10S.C2H6.5H2/c1-15(25(41)42-3)31(2)22(38)7-10-43-16-11-23(39)32(24(16)40)9-4-5-18(34)28-13-20(36)30-14-21(37)29-12-19(35)27-8-6-17(26)33;1-2;;;;;/h15-16H,4-14H2,1-3H3,(H2,26,33)(H,27,35)(H,28,34)(H,29,37)(H,30,36);1-2H3;5*1H/t15-,16?;;;;;;/m0....../s1. The van der Waals surface area contributed by atoms with Gasteiger partial charge >= 0.3 is 5.97 Å². The topological polar surface area (TPSA) is 243 Å². The van der Waals surface area contributed by atoms with Crippen LogP contribution in [-0.2, 0) is 47.9 Å². The van der Waals surface area contributed by atoms with E-state index in [9.17, 15) is 43.2 Å². The molecule has 1 rings (SSSR count). The number of nitrogens with two attached hydrogens (primary N) is 1. The maximum atomic E-state index is 12.6. The summed E-state index contributed by atoms with van der Waals surface area (Å²) in [4.78, 5) is 109. The Bertz CT molecular complexity index is 1110. The third kappa shape index (κ3) is 16.4. The average Bonchev–Trinajstić information content (AvgIpc) is 3.28. The Labute approximate surface area is 273 Å².